The highest BCUT2D eigenvalue weighted by molar-refractivity contribution is 5.79. The zero-order valence-electron chi connectivity index (χ0n) is 25.4. The molecule has 4 N–H and O–H groups in total. The summed E-state index contributed by atoms with van der Waals surface area (Å²) < 4.78 is 16.6. The number of methoxy groups -OCH3 is 2. The van der Waals surface area contributed by atoms with E-state index in [2.05, 4.69) is 37.2 Å². The average molecular weight is 550 g/mol. The molecule has 0 aliphatic carbocycles. The molecule has 1 aromatic rings. The number of amides is 1. The van der Waals surface area contributed by atoms with Crippen LogP contribution in [0.25, 0.3) is 0 Å². The van der Waals surface area contributed by atoms with E-state index in [4.69, 9.17) is 19.9 Å². The highest BCUT2D eigenvalue weighted by Crippen LogP contribution is 2.32. The van der Waals surface area contributed by atoms with Gasteiger partial charge in [0, 0.05) is 38.1 Å². The minimum atomic E-state index is -0.738. The van der Waals surface area contributed by atoms with Gasteiger partial charge in [0.15, 0.2) is 11.5 Å². The number of ether oxygens (including phenoxy) is 3. The molecule has 39 heavy (non-hydrogen) atoms. The van der Waals surface area contributed by atoms with Crippen molar-refractivity contribution in [3.8, 4) is 11.5 Å². The second kappa shape index (κ2) is 17.1. The fourth-order valence-electron chi connectivity index (χ4n) is 5.32. The number of nitrogens with one attached hydrogen (secondary N) is 1. The molecule has 4 atom stereocenters. The maximum Gasteiger partial charge on any atom is 0.223 e. The Morgan fingerprint density at radius 3 is 2.36 bits per heavy atom. The number of likely N-dealkylation sites (tertiary alicyclic amines) is 1. The number of piperidine rings is 1. The lowest BCUT2D eigenvalue weighted by atomic mass is 9.80. The number of aliphatic hydroxyl groups excluding tert-OH is 1. The quantitative estimate of drug-likeness (QED) is 0.253. The Kier molecular flexibility index (Phi) is 14.6. The smallest absolute Gasteiger partial charge is 0.223 e. The van der Waals surface area contributed by atoms with Crippen molar-refractivity contribution in [3.05, 3.63) is 23.8 Å². The van der Waals surface area contributed by atoms with Crippen LogP contribution in [0.1, 0.15) is 65.4 Å². The van der Waals surface area contributed by atoms with Gasteiger partial charge in [0.25, 0.3) is 0 Å². The molecule has 0 bridgehead atoms. The molecule has 0 radical (unpaired) electrons. The first kappa shape index (κ1) is 33.3. The topological polar surface area (TPSA) is 106 Å². The van der Waals surface area contributed by atoms with E-state index in [0.717, 1.165) is 50.1 Å². The van der Waals surface area contributed by atoms with Crippen LogP contribution in [0, 0.1) is 23.7 Å². The second-order valence-corrected chi connectivity index (χ2v) is 12.0. The predicted molar refractivity (Wildman–Crippen MR) is 157 cm³/mol. The first-order valence-corrected chi connectivity index (χ1v) is 14.8. The van der Waals surface area contributed by atoms with Crippen LogP contribution in [0.2, 0.25) is 0 Å². The van der Waals surface area contributed by atoms with Crippen LogP contribution < -0.4 is 20.5 Å². The summed E-state index contributed by atoms with van der Waals surface area (Å²) in [5.74, 6) is 2.00. The third kappa shape index (κ3) is 11.3. The van der Waals surface area contributed by atoms with E-state index >= 15 is 0 Å². The number of hydrogen-bond acceptors (Lipinski definition) is 7. The molecular formula is C31H55N3O5. The van der Waals surface area contributed by atoms with Crippen LogP contribution in [0.4, 0.5) is 0 Å². The molecule has 1 heterocycles. The number of benzene rings is 1. The third-order valence-corrected chi connectivity index (χ3v) is 8.19. The lowest BCUT2D eigenvalue weighted by Gasteiger charge is -2.33. The number of nitrogens with zero attached hydrogens (tertiary/aromatic N) is 1. The molecule has 0 saturated carbocycles. The molecule has 1 aliphatic rings. The van der Waals surface area contributed by atoms with Crippen LogP contribution in [0.3, 0.4) is 0 Å². The van der Waals surface area contributed by atoms with E-state index in [1.54, 1.807) is 14.2 Å². The van der Waals surface area contributed by atoms with Crippen molar-refractivity contribution < 1.29 is 24.1 Å². The summed E-state index contributed by atoms with van der Waals surface area (Å²) in [5, 5.41) is 14.4. The van der Waals surface area contributed by atoms with Gasteiger partial charge in [-0.05, 0) is 87.7 Å². The van der Waals surface area contributed by atoms with Crippen molar-refractivity contribution in [3.63, 3.8) is 0 Å². The normalized spacial score (nSPS) is 18.1. The Hall–Kier alpha value is -1.87. The predicted octanol–water partition coefficient (Wildman–Crippen LogP) is 3.88. The van der Waals surface area contributed by atoms with E-state index < -0.39 is 12.1 Å². The molecule has 224 valence electrons. The third-order valence-electron chi connectivity index (χ3n) is 8.19. The first-order valence-electron chi connectivity index (χ1n) is 14.8. The Balaban J connectivity index is 1.99. The van der Waals surface area contributed by atoms with Crippen molar-refractivity contribution in [1.29, 1.82) is 0 Å². The van der Waals surface area contributed by atoms with Crippen molar-refractivity contribution in [2.75, 3.05) is 47.6 Å². The molecular weight excluding hydrogens is 494 g/mol. The summed E-state index contributed by atoms with van der Waals surface area (Å²) >= 11 is 0. The maximum atomic E-state index is 13.2. The molecule has 8 nitrogen and oxygen atoms in total. The Labute approximate surface area is 236 Å². The van der Waals surface area contributed by atoms with E-state index in [-0.39, 0.29) is 29.7 Å². The second-order valence-electron chi connectivity index (χ2n) is 12.0. The number of carbonyl (C=O) groups excluding carboxylic acids is 1. The van der Waals surface area contributed by atoms with Gasteiger partial charge in [0.2, 0.25) is 5.91 Å². The summed E-state index contributed by atoms with van der Waals surface area (Å²) in [4.78, 5) is 15.4. The fourth-order valence-corrected chi connectivity index (χ4v) is 5.32. The van der Waals surface area contributed by atoms with Gasteiger partial charge in [0.1, 0.15) is 0 Å². The Bertz CT molecular complexity index is 842. The van der Waals surface area contributed by atoms with Gasteiger partial charge in [-0.15, -0.1) is 0 Å². The fraction of sp³-hybridized carbons (Fsp3) is 0.774. The van der Waals surface area contributed by atoms with E-state index in [0.29, 0.717) is 37.7 Å². The number of rotatable bonds is 17. The molecule has 0 aromatic heterocycles. The number of aliphatic hydroxyl groups is 1. The summed E-state index contributed by atoms with van der Waals surface area (Å²) in [6, 6.07) is 5.87. The summed E-state index contributed by atoms with van der Waals surface area (Å²) in [6.45, 7) is 11.7. The molecule has 8 heteroatoms. The van der Waals surface area contributed by atoms with Gasteiger partial charge in [-0.1, -0.05) is 33.8 Å². The number of carbonyl (C=O) groups is 1. The number of nitrogens with two attached hydrogens (primary N) is 1. The zero-order valence-corrected chi connectivity index (χ0v) is 25.4. The van der Waals surface area contributed by atoms with Gasteiger partial charge in [0.05, 0.1) is 19.8 Å². The SMILES string of the molecule is COCCCOc1cc(C[C@@H](C[C@H](N)[C@@H](O)C[C@H](C(=O)NC2CCN(C)CC2)C(C)C)C(C)C)ccc1OC. The highest BCUT2D eigenvalue weighted by atomic mass is 16.5. The van der Waals surface area contributed by atoms with Crippen LogP contribution in [-0.4, -0.2) is 81.7 Å². The van der Waals surface area contributed by atoms with Crippen LogP contribution >= 0.6 is 0 Å². The van der Waals surface area contributed by atoms with Crippen molar-refractivity contribution in [2.45, 2.75) is 84.4 Å². The minimum absolute atomic E-state index is 0.0440. The lowest BCUT2D eigenvalue weighted by molar-refractivity contribution is -0.128. The minimum Gasteiger partial charge on any atom is -0.493 e. The van der Waals surface area contributed by atoms with Crippen LogP contribution in [-0.2, 0) is 16.0 Å². The standard InChI is InChI=1S/C31H55N3O5/c1-21(2)24(17-23-9-10-29(38-7)30(18-23)39-16-8-15-37-6)19-27(32)28(35)20-26(22(3)4)31(36)33-25-11-13-34(5)14-12-25/h9-10,18,21-22,24-28,35H,8,11-17,19-20,32H2,1-7H3,(H,33,36)/t24-,26-,27-,28-/m0/s1. The summed E-state index contributed by atoms with van der Waals surface area (Å²) in [7, 11) is 5.44. The van der Waals surface area contributed by atoms with E-state index in [1.807, 2.05) is 26.0 Å². The maximum absolute atomic E-state index is 13.2. The Morgan fingerprint density at radius 1 is 1.08 bits per heavy atom. The molecule has 1 amide bonds. The van der Waals surface area contributed by atoms with E-state index in [1.165, 1.54) is 0 Å². The van der Waals surface area contributed by atoms with Gasteiger partial charge in [-0.25, -0.2) is 0 Å². The molecule has 1 aromatic carbocycles. The van der Waals surface area contributed by atoms with Crippen molar-refractivity contribution in [1.82, 2.24) is 10.2 Å². The van der Waals surface area contributed by atoms with Crippen LogP contribution in [0.5, 0.6) is 11.5 Å². The van der Waals surface area contributed by atoms with Gasteiger partial charge in [-0.3, -0.25) is 4.79 Å². The lowest BCUT2D eigenvalue weighted by Crippen LogP contribution is -2.48. The molecule has 1 saturated heterocycles. The number of hydrogen-bond donors (Lipinski definition) is 3. The van der Waals surface area contributed by atoms with E-state index in [9.17, 15) is 9.90 Å². The van der Waals surface area contributed by atoms with Gasteiger partial charge < -0.3 is 35.3 Å². The summed E-state index contributed by atoms with van der Waals surface area (Å²) in [5.41, 5.74) is 7.73. The van der Waals surface area contributed by atoms with Gasteiger partial charge >= 0.3 is 0 Å². The highest BCUT2D eigenvalue weighted by Gasteiger charge is 2.31. The van der Waals surface area contributed by atoms with Crippen molar-refractivity contribution in [2.24, 2.45) is 29.4 Å². The van der Waals surface area contributed by atoms with Crippen LogP contribution in [0.15, 0.2) is 18.2 Å². The molecule has 1 aliphatic heterocycles. The Morgan fingerprint density at radius 2 is 1.77 bits per heavy atom. The molecule has 0 spiro atoms. The largest absolute Gasteiger partial charge is 0.493 e. The molecule has 0 unspecified atom stereocenters. The van der Waals surface area contributed by atoms with Crippen molar-refractivity contribution >= 4 is 5.91 Å². The summed E-state index contributed by atoms with van der Waals surface area (Å²) in [6.07, 6.45) is 3.88. The monoisotopic (exact) mass is 549 g/mol. The zero-order chi connectivity index (χ0) is 28.9. The molecule has 1 fully saturated rings. The molecule has 2 rings (SSSR count). The average Bonchev–Trinajstić information content (AvgIpc) is 2.90. The van der Waals surface area contributed by atoms with Gasteiger partial charge in [-0.2, -0.15) is 0 Å². The first-order chi connectivity index (χ1) is 18.5.